The fourth-order valence-electron chi connectivity index (χ4n) is 17.8. The molecule has 0 spiro atoms. The van der Waals surface area contributed by atoms with E-state index < -0.39 is 0 Å². The van der Waals surface area contributed by atoms with Gasteiger partial charge in [0.05, 0.1) is 7.11 Å². The van der Waals surface area contributed by atoms with Crippen molar-refractivity contribution in [3.05, 3.63) is 454 Å². The van der Waals surface area contributed by atoms with E-state index in [4.69, 9.17) is 4.74 Å². The molecule has 554 valence electrons. The molecular formula is C115H81FO. The number of aryl methyl sites for hydroxylation is 2. The van der Waals surface area contributed by atoms with Crippen LogP contribution in [0.5, 0.6) is 5.75 Å². The molecule has 0 heterocycles. The van der Waals surface area contributed by atoms with Crippen LogP contribution in [0.4, 0.5) is 4.39 Å². The van der Waals surface area contributed by atoms with Crippen molar-refractivity contribution in [1.82, 2.24) is 0 Å². The van der Waals surface area contributed by atoms with Crippen molar-refractivity contribution in [2.24, 2.45) is 0 Å². The monoisotopic (exact) mass is 1500 g/mol. The maximum Gasteiger partial charge on any atom is 0.131 e. The molecule has 22 aromatic carbocycles. The van der Waals surface area contributed by atoms with E-state index in [-0.39, 0.29) is 5.82 Å². The van der Waals surface area contributed by atoms with Gasteiger partial charge < -0.3 is 4.74 Å². The Hall–Kier alpha value is -14.8. The summed E-state index contributed by atoms with van der Waals surface area (Å²) in [5.41, 5.74) is 21.9. The number of methoxy groups -OCH3 is 1. The maximum absolute atomic E-state index is 14.8. The Balaban J connectivity index is 0.000000104. The van der Waals surface area contributed by atoms with Crippen LogP contribution in [0.15, 0.2) is 437 Å². The summed E-state index contributed by atoms with van der Waals surface area (Å²) < 4.78 is 20.1. The van der Waals surface area contributed by atoms with Gasteiger partial charge in [0, 0.05) is 11.1 Å². The highest BCUT2D eigenvalue weighted by atomic mass is 19.1. The zero-order valence-electron chi connectivity index (χ0n) is 65.4. The zero-order valence-corrected chi connectivity index (χ0v) is 65.4. The van der Waals surface area contributed by atoms with Crippen LogP contribution in [0.1, 0.15) is 11.1 Å². The Bertz CT molecular complexity index is 7250. The SMILES string of the molecule is COc1ccc(-c2c3ccccc3c(-c3ccc4ccccc4c3)c3ccccc23)cc1.Cc1ccc(-c2c3ccccc3c(-c3ccc4ccccc4c3)c3ccccc23)cc1.Cc1cccc(-c2c3ccccc3c(-c3ccccc3)c3ccccc23)c1.Fc1ccccc1-c1c2ccccc2c(-c2ccccc2)c2ccccc12. The van der Waals surface area contributed by atoms with Gasteiger partial charge in [-0.15, -0.1) is 0 Å². The van der Waals surface area contributed by atoms with Gasteiger partial charge in [-0.25, -0.2) is 4.39 Å². The lowest BCUT2D eigenvalue weighted by atomic mass is 9.85. The Morgan fingerprint density at radius 2 is 0.410 bits per heavy atom. The van der Waals surface area contributed by atoms with Crippen LogP contribution in [-0.4, -0.2) is 7.11 Å². The van der Waals surface area contributed by atoms with Gasteiger partial charge >= 0.3 is 0 Å². The number of hydrogen-bond donors (Lipinski definition) is 0. The predicted octanol–water partition coefficient (Wildman–Crippen LogP) is 32.4. The summed E-state index contributed by atoms with van der Waals surface area (Å²) in [7, 11) is 1.71. The summed E-state index contributed by atoms with van der Waals surface area (Å²) in [6.07, 6.45) is 0. The molecule has 0 aromatic heterocycles. The average molecular weight is 1500 g/mol. The molecule has 0 N–H and O–H groups in total. The van der Waals surface area contributed by atoms with Crippen LogP contribution < -0.4 is 4.74 Å². The van der Waals surface area contributed by atoms with Crippen molar-refractivity contribution in [2.75, 3.05) is 7.11 Å². The van der Waals surface area contributed by atoms with Gasteiger partial charge in [0.25, 0.3) is 0 Å². The molecule has 0 saturated heterocycles. The van der Waals surface area contributed by atoms with Crippen LogP contribution in [0.3, 0.4) is 0 Å². The summed E-state index contributed by atoms with van der Waals surface area (Å²) in [6, 6.07) is 154. The minimum atomic E-state index is -0.194. The van der Waals surface area contributed by atoms with E-state index in [9.17, 15) is 4.39 Å². The number of halogens is 1. The van der Waals surface area contributed by atoms with Crippen LogP contribution in [-0.2, 0) is 0 Å². The van der Waals surface area contributed by atoms with Gasteiger partial charge in [-0.1, -0.05) is 418 Å². The lowest BCUT2D eigenvalue weighted by molar-refractivity contribution is 0.415. The fraction of sp³-hybridized carbons (Fsp3) is 0.0261. The number of ether oxygens (including phenoxy) is 1. The van der Waals surface area contributed by atoms with E-state index >= 15 is 0 Å². The van der Waals surface area contributed by atoms with Gasteiger partial charge in [-0.3, -0.25) is 0 Å². The third kappa shape index (κ3) is 13.8. The first-order valence-electron chi connectivity index (χ1n) is 40.2. The lowest BCUT2D eigenvalue weighted by Gasteiger charge is -2.18. The minimum Gasteiger partial charge on any atom is -0.497 e. The van der Waals surface area contributed by atoms with Gasteiger partial charge in [0.1, 0.15) is 11.6 Å². The van der Waals surface area contributed by atoms with Gasteiger partial charge in [-0.05, 0) is 230 Å². The molecule has 2 heteroatoms. The Morgan fingerprint density at radius 3 is 0.726 bits per heavy atom. The van der Waals surface area contributed by atoms with Gasteiger partial charge in [-0.2, -0.15) is 0 Å². The number of benzene rings is 22. The van der Waals surface area contributed by atoms with Crippen molar-refractivity contribution < 1.29 is 9.13 Å². The van der Waals surface area contributed by atoms with E-state index in [1.807, 2.05) is 42.5 Å². The quantitative estimate of drug-likeness (QED) is 0.131. The second-order valence-electron chi connectivity index (χ2n) is 30.2. The number of rotatable bonds is 9. The molecule has 22 aromatic rings. The molecule has 0 atom stereocenters. The highest BCUT2D eigenvalue weighted by Crippen LogP contribution is 2.50. The normalized spacial score (nSPS) is 11.2. The number of fused-ring (bicyclic) bond motifs is 10. The fourth-order valence-corrected chi connectivity index (χ4v) is 17.8. The lowest BCUT2D eigenvalue weighted by Crippen LogP contribution is -1.92. The maximum atomic E-state index is 14.8. The summed E-state index contributed by atoms with van der Waals surface area (Å²) >= 11 is 0. The average Bonchev–Trinajstić information content (AvgIpc) is 0.750. The standard InChI is InChI=1S/C31H22O.C31H22.C27H20.C26H17F/c1-32-25-18-16-22(17-19-25)30-26-10-4-6-12-28(26)31(29-13-7-5-11-27(29)30)24-15-14-21-8-2-3-9-23(21)20-24;1-21-14-16-23(17-15-21)30-26-10-4-6-12-28(26)31(29-13-7-5-11-27(29)30)25-19-18-22-8-2-3-9-24(22)20-25;1-19-10-9-13-21(18-19)27-24-16-7-5-14-22(24)26(20-11-3-2-4-12-20)23-15-6-8-17-25(23)27;27-24-17-9-8-16-23(24)26-21-14-6-4-12-19(21)25(18-10-2-1-3-11-18)20-13-5-7-15-22(20)26/h2-20H,1H3;2-20H,1H3;2-18H,1H3;1-17H. The molecule has 117 heavy (non-hydrogen) atoms. The van der Waals surface area contributed by atoms with E-state index in [1.54, 1.807) is 13.2 Å². The van der Waals surface area contributed by atoms with Crippen LogP contribution in [0.2, 0.25) is 0 Å². The Morgan fingerprint density at radius 1 is 0.171 bits per heavy atom. The minimum absolute atomic E-state index is 0.194. The third-order valence-corrected chi connectivity index (χ3v) is 23.1. The molecular weight excluding hydrogens is 1420 g/mol. The summed E-state index contributed by atoms with van der Waals surface area (Å²) in [5.74, 6) is 0.676. The predicted molar refractivity (Wildman–Crippen MR) is 500 cm³/mol. The second kappa shape index (κ2) is 32.0. The summed E-state index contributed by atoms with van der Waals surface area (Å²) in [4.78, 5) is 0. The third-order valence-electron chi connectivity index (χ3n) is 23.1. The molecule has 0 unspecified atom stereocenters. The largest absolute Gasteiger partial charge is 0.497 e. The van der Waals surface area contributed by atoms with Crippen molar-refractivity contribution in [3.63, 3.8) is 0 Å². The topological polar surface area (TPSA) is 9.23 Å². The highest BCUT2D eigenvalue weighted by Gasteiger charge is 2.23. The summed E-state index contributed by atoms with van der Waals surface area (Å²) in [6.45, 7) is 4.30. The first kappa shape index (κ1) is 72.4. The van der Waals surface area contributed by atoms with Crippen molar-refractivity contribution in [1.29, 1.82) is 0 Å². The van der Waals surface area contributed by atoms with Crippen LogP contribution >= 0.6 is 0 Å². The van der Waals surface area contributed by atoms with Crippen molar-refractivity contribution in [3.8, 4) is 94.8 Å². The highest BCUT2D eigenvalue weighted by molar-refractivity contribution is 6.26. The van der Waals surface area contributed by atoms with E-state index in [2.05, 4.69) is 396 Å². The van der Waals surface area contributed by atoms with Gasteiger partial charge in [0.15, 0.2) is 0 Å². The molecule has 0 bridgehead atoms. The number of hydrogen-bond acceptors (Lipinski definition) is 1. The Labute approximate surface area is 681 Å². The summed E-state index contributed by atoms with van der Waals surface area (Å²) in [5, 5.41) is 25.0. The van der Waals surface area contributed by atoms with Crippen LogP contribution in [0.25, 0.3) is 197 Å². The van der Waals surface area contributed by atoms with Crippen molar-refractivity contribution in [2.45, 2.75) is 13.8 Å². The van der Waals surface area contributed by atoms with Crippen molar-refractivity contribution >= 4 is 108 Å². The molecule has 1 nitrogen and oxygen atoms in total. The Kier molecular flexibility index (Phi) is 19.8. The van der Waals surface area contributed by atoms with E-state index in [1.165, 1.54) is 181 Å². The molecule has 22 rings (SSSR count). The van der Waals surface area contributed by atoms with Crippen LogP contribution in [0, 0.1) is 19.7 Å². The van der Waals surface area contributed by atoms with E-state index in [0.717, 1.165) is 32.9 Å². The smallest absolute Gasteiger partial charge is 0.131 e. The molecule has 0 aliphatic rings. The molecule has 0 aliphatic carbocycles. The molecule has 0 aliphatic heterocycles. The first-order chi connectivity index (χ1) is 57.8. The molecule has 0 amide bonds. The zero-order chi connectivity index (χ0) is 78.7. The van der Waals surface area contributed by atoms with E-state index in [0.29, 0.717) is 5.56 Å². The molecule has 0 fully saturated rings. The molecule has 0 radical (unpaired) electrons. The first-order valence-corrected chi connectivity index (χ1v) is 40.2. The second-order valence-corrected chi connectivity index (χ2v) is 30.2. The molecule has 0 saturated carbocycles. The van der Waals surface area contributed by atoms with Gasteiger partial charge in [0.2, 0.25) is 0 Å².